The number of carbonyl (C=O) groups is 2. The molecule has 1 amide bonds. The number of fused-ring (bicyclic) bond motifs is 3. The zero-order valence-corrected chi connectivity index (χ0v) is 14.4. The van der Waals surface area contributed by atoms with Gasteiger partial charge in [0.2, 0.25) is 5.91 Å². The highest BCUT2D eigenvalue weighted by Crippen LogP contribution is 2.38. The van der Waals surface area contributed by atoms with E-state index in [4.69, 9.17) is 11.6 Å². The molecule has 0 spiro atoms. The van der Waals surface area contributed by atoms with Crippen LogP contribution in [0.5, 0.6) is 0 Å². The van der Waals surface area contributed by atoms with Gasteiger partial charge in [-0.25, -0.2) is 4.98 Å². The van der Waals surface area contributed by atoms with Crippen molar-refractivity contribution in [1.82, 2.24) is 9.97 Å². The lowest BCUT2D eigenvalue weighted by Gasteiger charge is -2.33. The number of rotatable bonds is 2. The molecule has 0 atom stereocenters. The first-order valence-corrected chi connectivity index (χ1v) is 8.15. The third-order valence-electron chi connectivity index (χ3n) is 4.32. The van der Waals surface area contributed by atoms with Crippen molar-refractivity contribution in [2.45, 2.75) is 19.4 Å². The summed E-state index contributed by atoms with van der Waals surface area (Å²) in [6, 6.07) is 6.91. The zero-order valence-electron chi connectivity index (χ0n) is 13.6. The number of hydrogen-bond acceptors (Lipinski definition) is 4. The normalized spacial score (nSPS) is 15.4. The van der Waals surface area contributed by atoms with Gasteiger partial charge in [-0.15, -0.1) is 0 Å². The lowest BCUT2D eigenvalue weighted by Crippen LogP contribution is -2.47. The standard InChI is InChI=1S/C18H15ClN4O2/c1-18(2)17(25)22-12-8-21-16-13(14(12)23-18)10(7-20-16)15(24)9-5-3-4-6-11(9)19/h3-8,23H,1-2H3,(H,20,21)(H,22,25). The first-order chi connectivity index (χ1) is 11.9. The number of carbonyl (C=O) groups excluding carboxylic acids is 2. The number of hydrogen-bond donors (Lipinski definition) is 3. The SMILES string of the molecule is CC1(C)Nc2c(cnc3[nH]cc(C(=O)c4ccccc4Cl)c23)NC1=O. The van der Waals surface area contributed by atoms with Crippen LogP contribution in [0.15, 0.2) is 36.7 Å². The van der Waals surface area contributed by atoms with Gasteiger partial charge >= 0.3 is 0 Å². The Hall–Kier alpha value is -2.86. The predicted octanol–water partition coefficient (Wildman–Crippen LogP) is 3.59. The van der Waals surface area contributed by atoms with Gasteiger partial charge in [0.15, 0.2) is 5.78 Å². The van der Waals surface area contributed by atoms with E-state index in [0.717, 1.165) is 0 Å². The maximum atomic E-state index is 13.0. The molecule has 1 aliphatic heterocycles. The fourth-order valence-corrected chi connectivity index (χ4v) is 3.16. The van der Waals surface area contributed by atoms with Crippen molar-refractivity contribution < 1.29 is 9.59 Å². The summed E-state index contributed by atoms with van der Waals surface area (Å²) in [5, 5.41) is 7.08. The van der Waals surface area contributed by atoms with Crippen molar-refractivity contribution in [3.63, 3.8) is 0 Å². The van der Waals surface area contributed by atoms with Gasteiger partial charge in [0, 0.05) is 11.8 Å². The number of H-pyrrole nitrogens is 1. The number of benzene rings is 1. The summed E-state index contributed by atoms with van der Waals surface area (Å²) in [4.78, 5) is 32.5. The minimum Gasteiger partial charge on any atom is -0.369 e. The Bertz CT molecular complexity index is 1040. The molecule has 1 aliphatic rings. The molecule has 0 bridgehead atoms. The van der Waals surface area contributed by atoms with Gasteiger partial charge in [-0.05, 0) is 26.0 Å². The Kier molecular flexibility index (Phi) is 3.33. The van der Waals surface area contributed by atoms with Crippen LogP contribution in [0.4, 0.5) is 11.4 Å². The van der Waals surface area contributed by atoms with Crippen molar-refractivity contribution in [1.29, 1.82) is 0 Å². The Morgan fingerprint density at radius 3 is 2.72 bits per heavy atom. The van der Waals surface area contributed by atoms with Crippen LogP contribution >= 0.6 is 11.6 Å². The van der Waals surface area contributed by atoms with E-state index >= 15 is 0 Å². The fourth-order valence-electron chi connectivity index (χ4n) is 2.94. The minimum absolute atomic E-state index is 0.157. The van der Waals surface area contributed by atoms with E-state index in [9.17, 15) is 9.59 Å². The number of nitrogens with one attached hydrogen (secondary N) is 3. The molecule has 7 heteroatoms. The van der Waals surface area contributed by atoms with Gasteiger partial charge in [-0.2, -0.15) is 0 Å². The van der Waals surface area contributed by atoms with Crippen molar-refractivity contribution >= 4 is 45.7 Å². The topological polar surface area (TPSA) is 86.9 Å². The molecule has 0 saturated heterocycles. The van der Waals surface area contributed by atoms with Crippen molar-refractivity contribution in [2.75, 3.05) is 10.6 Å². The number of amides is 1. The summed E-state index contributed by atoms with van der Waals surface area (Å²) < 4.78 is 0. The van der Waals surface area contributed by atoms with E-state index in [-0.39, 0.29) is 11.7 Å². The van der Waals surface area contributed by atoms with E-state index in [1.54, 1.807) is 50.5 Å². The molecule has 2 aromatic heterocycles. The Morgan fingerprint density at radius 1 is 1.20 bits per heavy atom. The number of halogens is 1. The summed E-state index contributed by atoms with van der Waals surface area (Å²) >= 11 is 6.18. The van der Waals surface area contributed by atoms with Gasteiger partial charge in [-0.3, -0.25) is 9.59 Å². The number of aromatic nitrogens is 2. The van der Waals surface area contributed by atoms with Crippen LogP contribution in [0, 0.1) is 0 Å². The molecular formula is C18H15ClN4O2. The minimum atomic E-state index is -0.802. The van der Waals surface area contributed by atoms with Crippen LogP contribution in [0.25, 0.3) is 11.0 Å². The van der Waals surface area contributed by atoms with Crippen LogP contribution < -0.4 is 10.6 Å². The van der Waals surface area contributed by atoms with Gasteiger partial charge in [0.25, 0.3) is 0 Å². The number of nitrogens with zero attached hydrogens (tertiary/aromatic N) is 1. The summed E-state index contributed by atoms with van der Waals surface area (Å²) in [5.74, 6) is -0.362. The average Bonchev–Trinajstić information content (AvgIpc) is 3.00. The Morgan fingerprint density at radius 2 is 1.96 bits per heavy atom. The molecule has 3 heterocycles. The number of aromatic amines is 1. The van der Waals surface area contributed by atoms with Crippen LogP contribution in [0.2, 0.25) is 5.02 Å². The second-order valence-corrected chi connectivity index (χ2v) is 6.89. The Labute approximate surface area is 148 Å². The van der Waals surface area contributed by atoms with E-state index < -0.39 is 5.54 Å². The summed E-state index contributed by atoms with van der Waals surface area (Å²) in [6.45, 7) is 3.56. The van der Waals surface area contributed by atoms with Crippen LogP contribution in [0.3, 0.4) is 0 Å². The van der Waals surface area contributed by atoms with Crippen molar-refractivity contribution in [2.24, 2.45) is 0 Å². The molecule has 0 radical (unpaired) electrons. The maximum Gasteiger partial charge on any atom is 0.249 e. The molecule has 25 heavy (non-hydrogen) atoms. The van der Waals surface area contributed by atoms with Gasteiger partial charge in [0.05, 0.1) is 33.5 Å². The quantitative estimate of drug-likeness (QED) is 0.614. The molecular weight excluding hydrogens is 340 g/mol. The number of anilines is 2. The van der Waals surface area contributed by atoms with Crippen LogP contribution in [-0.4, -0.2) is 27.2 Å². The number of ketones is 1. The summed E-state index contributed by atoms with van der Waals surface area (Å²) in [6.07, 6.45) is 3.19. The lowest BCUT2D eigenvalue weighted by molar-refractivity contribution is -0.119. The monoisotopic (exact) mass is 354 g/mol. The van der Waals surface area contributed by atoms with E-state index in [1.165, 1.54) is 0 Å². The van der Waals surface area contributed by atoms with E-state index in [0.29, 0.717) is 38.6 Å². The van der Waals surface area contributed by atoms with Crippen LogP contribution in [-0.2, 0) is 4.79 Å². The van der Waals surface area contributed by atoms with Gasteiger partial charge < -0.3 is 15.6 Å². The smallest absolute Gasteiger partial charge is 0.249 e. The maximum absolute atomic E-state index is 13.0. The predicted molar refractivity (Wildman–Crippen MR) is 97.3 cm³/mol. The second kappa shape index (κ2) is 5.32. The first kappa shape index (κ1) is 15.7. The van der Waals surface area contributed by atoms with Gasteiger partial charge in [-0.1, -0.05) is 23.7 Å². The molecule has 4 rings (SSSR count). The van der Waals surface area contributed by atoms with E-state index in [1.807, 2.05) is 0 Å². The fraction of sp³-hybridized carbons (Fsp3) is 0.167. The largest absolute Gasteiger partial charge is 0.369 e. The average molecular weight is 355 g/mol. The van der Waals surface area contributed by atoms with Gasteiger partial charge in [0.1, 0.15) is 11.2 Å². The van der Waals surface area contributed by atoms with Crippen LogP contribution in [0.1, 0.15) is 29.8 Å². The Balaban J connectivity index is 1.93. The molecule has 0 aliphatic carbocycles. The highest BCUT2D eigenvalue weighted by atomic mass is 35.5. The molecule has 0 fully saturated rings. The molecule has 3 N–H and O–H groups in total. The molecule has 1 aromatic carbocycles. The number of pyridine rings is 1. The summed E-state index contributed by atoms with van der Waals surface area (Å²) in [7, 11) is 0. The third-order valence-corrected chi connectivity index (χ3v) is 4.65. The van der Waals surface area contributed by atoms with Crippen molar-refractivity contribution in [3.05, 3.63) is 52.8 Å². The molecule has 3 aromatic rings. The molecule has 0 unspecified atom stereocenters. The lowest BCUT2D eigenvalue weighted by atomic mass is 9.97. The molecule has 0 saturated carbocycles. The first-order valence-electron chi connectivity index (χ1n) is 7.77. The van der Waals surface area contributed by atoms with E-state index in [2.05, 4.69) is 20.6 Å². The third kappa shape index (κ3) is 2.37. The summed E-state index contributed by atoms with van der Waals surface area (Å²) in [5.41, 5.74) is 1.85. The highest BCUT2D eigenvalue weighted by molar-refractivity contribution is 6.35. The molecule has 126 valence electrons. The second-order valence-electron chi connectivity index (χ2n) is 6.49. The highest BCUT2D eigenvalue weighted by Gasteiger charge is 2.35. The zero-order chi connectivity index (χ0) is 17.8. The van der Waals surface area contributed by atoms with Crippen molar-refractivity contribution in [3.8, 4) is 0 Å². The molecule has 6 nitrogen and oxygen atoms in total.